The van der Waals surface area contributed by atoms with Gasteiger partial charge in [0, 0.05) is 37.4 Å². The number of β-amino-alcohol motifs (C(OH)–C–C–N with tert-alkyl or cyclic N) is 1. The van der Waals surface area contributed by atoms with Crippen LogP contribution in [0.25, 0.3) is 0 Å². The Bertz CT molecular complexity index is 986. The second-order valence-corrected chi connectivity index (χ2v) is 10.5. The van der Waals surface area contributed by atoms with Gasteiger partial charge in [-0.2, -0.15) is 0 Å². The van der Waals surface area contributed by atoms with E-state index in [4.69, 9.17) is 10.5 Å². The smallest absolute Gasteiger partial charge is 0.249 e. The standard InChI is InChI=1S/C26H36N4O5/c1-28-9-11-29(12-10-28)17-7-8-18(25(27)33)19(13-17)22(16-5-3-2-4-6-16)26(34)30-14-20(31)24-23(30)21(32)15-35-24/h7-8,13,16,20,22-24,31H,2-6,9-12,14-15H2,1H3,(H2,27,33)/t20-,22-,23+,24+/m0/s1. The number of benzene rings is 1. The number of hydrogen-bond donors (Lipinski definition) is 2. The average Bonchev–Trinajstić information content (AvgIpc) is 3.40. The molecule has 4 aliphatic rings. The molecule has 0 spiro atoms. The number of carbonyl (C=O) groups excluding carboxylic acids is 3. The van der Waals surface area contributed by atoms with Crippen molar-refractivity contribution in [2.24, 2.45) is 11.7 Å². The van der Waals surface area contributed by atoms with Gasteiger partial charge in [0.05, 0.1) is 12.5 Å². The van der Waals surface area contributed by atoms with Gasteiger partial charge in [0.15, 0.2) is 5.78 Å². The number of amides is 2. The summed E-state index contributed by atoms with van der Waals surface area (Å²) in [4.78, 5) is 45.4. The fourth-order valence-electron chi connectivity index (χ4n) is 6.38. The molecule has 9 nitrogen and oxygen atoms in total. The van der Waals surface area contributed by atoms with Crippen LogP contribution in [0.1, 0.15) is 53.9 Å². The van der Waals surface area contributed by atoms with E-state index < -0.39 is 30.1 Å². The van der Waals surface area contributed by atoms with Gasteiger partial charge in [-0.25, -0.2) is 0 Å². The molecule has 3 aliphatic heterocycles. The number of rotatable bonds is 5. The molecule has 1 saturated carbocycles. The zero-order chi connectivity index (χ0) is 24.7. The lowest BCUT2D eigenvalue weighted by atomic mass is 9.74. The van der Waals surface area contributed by atoms with Crippen LogP contribution >= 0.6 is 0 Å². The van der Waals surface area contributed by atoms with E-state index in [1.54, 1.807) is 6.07 Å². The van der Waals surface area contributed by atoms with Gasteiger partial charge in [0.2, 0.25) is 11.8 Å². The molecule has 3 heterocycles. The van der Waals surface area contributed by atoms with Crippen LogP contribution in [-0.4, -0.2) is 97.1 Å². The SMILES string of the molecule is CN1CCN(c2ccc(C(N)=O)c([C@@H](C(=O)N3C[C@H](O)[C@H]4OCC(=O)[C@H]43)C3CCCCC3)c2)CC1. The average molecular weight is 485 g/mol. The molecule has 2 amide bonds. The molecular formula is C26H36N4O5. The quantitative estimate of drug-likeness (QED) is 0.633. The molecule has 3 saturated heterocycles. The van der Waals surface area contributed by atoms with Crippen molar-refractivity contribution in [2.75, 3.05) is 51.3 Å². The van der Waals surface area contributed by atoms with Crippen LogP contribution in [0, 0.1) is 5.92 Å². The van der Waals surface area contributed by atoms with Crippen molar-refractivity contribution >= 4 is 23.3 Å². The first-order chi connectivity index (χ1) is 16.8. The first-order valence-electron chi connectivity index (χ1n) is 12.8. The summed E-state index contributed by atoms with van der Waals surface area (Å²) in [6.45, 7) is 3.58. The molecule has 1 aliphatic carbocycles. The normalized spacial score (nSPS) is 28.9. The van der Waals surface area contributed by atoms with Gasteiger partial charge in [0.25, 0.3) is 0 Å². The van der Waals surface area contributed by atoms with E-state index in [-0.39, 0.29) is 30.8 Å². The number of likely N-dealkylation sites (N-methyl/N-ethyl adjacent to an activating group) is 1. The highest BCUT2D eigenvalue weighted by atomic mass is 16.5. The van der Waals surface area contributed by atoms with Crippen molar-refractivity contribution in [3.8, 4) is 0 Å². The minimum absolute atomic E-state index is 0.0469. The molecule has 0 bridgehead atoms. The number of anilines is 1. The molecule has 1 aromatic carbocycles. The summed E-state index contributed by atoms with van der Waals surface area (Å²) in [6.07, 6.45) is 3.36. The van der Waals surface area contributed by atoms with Crippen molar-refractivity contribution in [1.82, 2.24) is 9.80 Å². The minimum Gasteiger partial charge on any atom is -0.388 e. The van der Waals surface area contributed by atoms with Crippen LogP contribution in [0.3, 0.4) is 0 Å². The van der Waals surface area contributed by atoms with Gasteiger partial charge in [-0.05, 0) is 49.6 Å². The van der Waals surface area contributed by atoms with Crippen LogP contribution in [0.2, 0.25) is 0 Å². The number of fused-ring (bicyclic) bond motifs is 1. The lowest BCUT2D eigenvalue weighted by molar-refractivity contribution is -0.139. The van der Waals surface area contributed by atoms with E-state index in [2.05, 4.69) is 16.8 Å². The molecule has 4 atom stereocenters. The molecule has 190 valence electrons. The van der Waals surface area contributed by atoms with Crippen LogP contribution in [0.5, 0.6) is 0 Å². The molecule has 35 heavy (non-hydrogen) atoms. The van der Waals surface area contributed by atoms with E-state index in [0.717, 1.165) is 64.0 Å². The Labute approximate surface area is 206 Å². The van der Waals surface area contributed by atoms with E-state index in [0.29, 0.717) is 11.1 Å². The third-order valence-electron chi connectivity index (χ3n) is 8.33. The summed E-state index contributed by atoms with van der Waals surface area (Å²) in [7, 11) is 2.10. The number of nitrogens with zero attached hydrogens (tertiary/aromatic N) is 3. The number of ketones is 1. The summed E-state index contributed by atoms with van der Waals surface area (Å²) in [5.74, 6) is -1.49. The second kappa shape index (κ2) is 9.87. The van der Waals surface area contributed by atoms with Gasteiger partial charge >= 0.3 is 0 Å². The number of ether oxygens (including phenoxy) is 1. The van der Waals surface area contributed by atoms with Crippen molar-refractivity contribution in [1.29, 1.82) is 0 Å². The van der Waals surface area contributed by atoms with Gasteiger partial charge in [-0.1, -0.05) is 19.3 Å². The van der Waals surface area contributed by atoms with Crippen molar-refractivity contribution in [3.63, 3.8) is 0 Å². The van der Waals surface area contributed by atoms with E-state index in [1.165, 1.54) is 4.90 Å². The van der Waals surface area contributed by atoms with Gasteiger partial charge in [0.1, 0.15) is 24.9 Å². The van der Waals surface area contributed by atoms with Crippen LogP contribution in [-0.2, 0) is 14.3 Å². The third kappa shape index (κ3) is 4.57. The van der Waals surface area contributed by atoms with Gasteiger partial charge in [-0.3, -0.25) is 14.4 Å². The predicted molar refractivity (Wildman–Crippen MR) is 130 cm³/mol. The third-order valence-corrected chi connectivity index (χ3v) is 8.33. The summed E-state index contributed by atoms with van der Waals surface area (Å²) in [5, 5.41) is 10.5. The molecule has 1 aromatic rings. The molecule has 0 radical (unpaired) electrons. The van der Waals surface area contributed by atoms with E-state index >= 15 is 0 Å². The zero-order valence-corrected chi connectivity index (χ0v) is 20.4. The van der Waals surface area contributed by atoms with Crippen LogP contribution < -0.4 is 10.6 Å². The van der Waals surface area contributed by atoms with E-state index in [9.17, 15) is 19.5 Å². The Morgan fingerprint density at radius 2 is 1.83 bits per heavy atom. The van der Waals surface area contributed by atoms with Crippen LogP contribution in [0.15, 0.2) is 18.2 Å². The summed E-state index contributed by atoms with van der Waals surface area (Å²) < 4.78 is 5.50. The summed E-state index contributed by atoms with van der Waals surface area (Å²) in [5.41, 5.74) is 7.80. The number of primary amides is 1. The number of aliphatic hydroxyl groups is 1. The first kappa shape index (κ1) is 24.2. The van der Waals surface area contributed by atoms with Crippen LogP contribution in [0.4, 0.5) is 5.69 Å². The van der Waals surface area contributed by atoms with E-state index in [1.807, 2.05) is 12.1 Å². The topological polar surface area (TPSA) is 116 Å². The summed E-state index contributed by atoms with van der Waals surface area (Å²) >= 11 is 0. The second-order valence-electron chi connectivity index (χ2n) is 10.5. The monoisotopic (exact) mass is 484 g/mol. The molecule has 4 fully saturated rings. The Morgan fingerprint density at radius 3 is 2.51 bits per heavy atom. The molecular weight excluding hydrogens is 448 g/mol. The largest absolute Gasteiger partial charge is 0.388 e. The fourth-order valence-corrected chi connectivity index (χ4v) is 6.38. The Hall–Kier alpha value is -2.49. The van der Waals surface area contributed by atoms with Crippen molar-refractivity contribution < 1.29 is 24.2 Å². The highest BCUT2D eigenvalue weighted by Gasteiger charge is 2.53. The molecule has 3 N–H and O–H groups in total. The lowest BCUT2D eigenvalue weighted by Crippen LogP contribution is -2.46. The molecule has 0 unspecified atom stereocenters. The Kier molecular flexibility index (Phi) is 6.83. The number of carbonyl (C=O) groups is 3. The predicted octanol–water partition coefficient (Wildman–Crippen LogP) is 0.741. The fraction of sp³-hybridized carbons (Fsp3) is 0.654. The number of nitrogens with two attached hydrogens (primary N) is 1. The number of hydrogen-bond acceptors (Lipinski definition) is 7. The highest BCUT2D eigenvalue weighted by Crippen LogP contribution is 2.42. The maximum absolute atomic E-state index is 14.2. The number of likely N-dealkylation sites (tertiary alicyclic amines) is 1. The maximum Gasteiger partial charge on any atom is 0.249 e. The molecule has 0 aromatic heterocycles. The van der Waals surface area contributed by atoms with Crippen molar-refractivity contribution in [2.45, 2.75) is 56.3 Å². The van der Waals surface area contributed by atoms with Crippen molar-refractivity contribution in [3.05, 3.63) is 29.3 Å². The number of aliphatic hydroxyl groups excluding tert-OH is 1. The minimum atomic E-state index is -0.894. The highest BCUT2D eigenvalue weighted by molar-refractivity contribution is 5.99. The summed E-state index contributed by atoms with van der Waals surface area (Å²) in [6, 6.07) is 4.88. The van der Waals surface area contributed by atoms with Gasteiger partial charge < -0.3 is 30.3 Å². The number of piperazine rings is 1. The first-order valence-corrected chi connectivity index (χ1v) is 12.8. The molecule has 5 rings (SSSR count). The molecule has 9 heteroatoms. The Balaban J connectivity index is 1.54. The zero-order valence-electron chi connectivity index (χ0n) is 20.4. The van der Waals surface area contributed by atoms with Gasteiger partial charge in [-0.15, -0.1) is 0 Å². The maximum atomic E-state index is 14.2. The Morgan fingerprint density at radius 1 is 1.11 bits per heavy atom. The lowest BCUT2D eigenvalue weighted by Gasteiger charge is -2.37. The number of Topliss-reactive ketones (excluding diaryl/α,β-unsaturated/α-hetero) is 1.